The molecule has 0 aliphatic rings. The van der Waals surface area contributed by atoms with Gasteiger partial charge in [-0.05, 0) is 19.1 Å². The van der Waals surface area contributed by atoms with Crippen LogP contribution in [-0.4, -0.2) is 7.11 Å². The summed E-state index contributed by atoms with van der Waals surface area (Å²) in [5, 5.41) is 3.26. The van der Waals surface area contributed by atoms with Crippen molar-refractivity contribution < 1.29 is 9.13 Å². The summed E-state index contributed by atoms with van der Waals surface area (Å²) in [5.74, 6) is -0.178. The number of anilines is 1. The fraction of sp³-hybridized carbons (Fsp3) is 0.250. The fourth-order valence-electron chi connectivity index (χ4n) is 2.00. The summed E-state index contributed by atoms with van der Waals surface area (Å²) < 4.78 is 18.8. The van der Waals surface area contributed by atoms with Gasteiger partial charge < -0.3 is 10.1 Å². The van der Waals surface area contributed by atoms with E-state index in [0.29, 0.717) is 18.7 Å². The highest BCUT2D eigenvalue weighted by atomic mass is 19.1. The molecule has 0 heterocycles. The van der Waals surface area contributed by atoms with Crippen molar-refractivity contribution in [3.63, 3.8) is 0 Å². The smallest absolute Gasteiger partial charge is 0.128 e. The van der Waals surface area contributed by atoms with E-state index in [4.69, 9.17) is 4.74 Å². The Balaban J connectivity index is 2.12. The van der Waals surface area contributed by atoms with Crippen LogP contribution in [0, 0.1) is 12.7 Å². The predicted octanol–water partition coefficient (Wildman–Crippen LogP) is 3.89. The second-order valence-corrected chi connectivity index (χ2v) is 4.54. The molecule has 100 valence electrons. The van der Waals surface area contributed by atoms with Crippen molar-refractivity contribution in [1.29, 1.82) is 0 Å². The Kier molecular flexibility index (Phi) is 4.53. The number of benzene rings is 2. The molecular formula is C16H18FNO. The van der Waals surface area contributed by atoms with Gasteiger partial charge >= 0.3 is 0 Å². The molecule has 0 spiro atoms. The van der Waals surface area contributed by atoms with E-state index in [0.717, 1.165) is 16.8 Å². The minimum atomic E-state index is -0.178. The molecule has 19 heavy (non-hydrogen) atoms. The lowest BCUT2D eigenvalue weighted by atomic mass is 10.1. The van der Waals surface area contributed by atoms with Crippen LogP contribution in [0.1, 0.15) is 16.7 Å². The predicted molar refractivity (Wildman–Crippen MR) is 75.6 cm³/mol. The average molecular weight is 259 g/mol. The Morgan fingerprint density at radius 2 is 1.89 bits per heavy atom. The Morgan fingerprint density at radius 3 is 2.68 bits per heavy atom. The maximum Gasteiger partial charge on any atom is 0.128 e. The van der Waals surface area contributed by atoms with E-state index in [-0.39, 0.29) is 5.82 Å². The molecule has 0 amide bonds. The van der Waals surface area contributed by atoms with Crippen molar-refractivity contribution in [2.75, 3.05) is 12.4 Å². The molecule has 0 bridgehead atoms. The number of ether oxygens (including phenoxy) is 1. The molecule has 0 aliphatic heterocycles. The van der Waals surface area contributed by atoms with Crippen LogP contribution in [0.5, 0.6) is 0 Å². The van der Waals surface area contributed by atoms with E-state index < -0.39 is 0 Å². The second kappa shape index (κ2) is 6.34. The van der Waals surface area contributed by atoms with Gasteiger partial charge in [0.2, 0.25) is 0 Å². The van der Waals surface area contributed by atoms with E-state index in [1.54, 1.807) is 13.2 Å². The van der Waals surface area contributed by atoms with Crippen LogP contribution in [0.15, 0.2) is 42.5 Å². The Bertz CT molecular complexity index is 554. The van der Waals surface area contributed by atoms with Crippen LogP contribution < -0.4 is 5.32 Å². The first-order valence-electron chi connectivity index (χ1n) is 6.26. The molecule has 1 N–H and O–H groups in total. The number of methoxy groups -OCH3 is 1. The minimum Gasteiger partial charge on any atom is -0.381 e. The largest absolute Gasteiger partial charge is 0.381 e. The molecule has 0 aliphatic carbocycles. The molecule has 2 aromatic carbocycles. The van der Waals surface area contributed by atoms with E-state index in [1.165, 1.54) is 6.07 Å². The molecule has 0 saturated heterocycles. The molecule has 2 nitrogen and oxygen atoms in total. The zero-order chi connectivity index (χ0) is 13.7. The lowest BCUT2D eigenvalue weighted by Crippen LogP contribution is -2.05. The molecule has 2 aromatic rings. The SMILES string of the molecule is COCc1ccccc1NCc1cc(C)ccc1F. The first-order valence-corrected chi connectivity index (χ1v) is 6.26. The maximum absolute atomic E-state index is 13.7. The summed E-state index contributed by atoms with van der Waals surface area (Å²) in [6.07, 6.45) is 0. The van der Waals surface area contributed by atoms with Gasteiger partial charge in [0.05, 0.1) is 6.61 Å². The van der Waals surface area contributed by atoms with E-state index in [2.05, 4.69) is 5.32 Å². The zero-order valence-electron chi connectivity index (χ0n) is 11.2. The number of nitrogens with one attached hydrogen (secondary N) is 1. The van der Waals surface area contributed by atoms with Gasteiger partial charge in [-0.15, -0.1) is 0 Å². The summed E-state index contributed by atoms with van der Waals surface area (Å²) in [6, 6.07) is 13.0. The number of halogens is 1. The summed E-state index contributed by atoms with van der Waals surface area (Å²) in [4.78, 5) is 0. The van der Waals surface area contributed by atoms with Crippen LogP contribution in [0.25, 0.3) is 0 Å². The highest BCUT2D eigenvalue weighted by Gasteiger charge is 2.04. The number of rotatable bonds is 5. The molecule has 2 rings (SSSR count). The molecule has 0 radical (unpaired) electrons. The van der Waals surface area contributed by atoms with Crippen molar-refractivity contribution in [1.82, 2.24) is 0 Å². The normalized spacial score (nSPS) is 10.5. The number of aryl methyl sites for hydroxylation is 1. The van der Waals surface area contributed by atoms with Crippen molar-refractivity contribution in [2.24, 2.45) is 0 Å². The number of hydrogen-bond acceptors (Lipinski definition) is 2. The summed E-state index contributed by atoms with van der Waals surface area (Å²) in [5.41, 5.74) is 3.78. The Labute approximate surface area is 113 Å². The van der Waals surface area contributed by atoms with Crippen molar-refractivity contribution in [2.45, 2.75) is 20.1 Å². The standard InChI is InChI=1S/C16H18FNO/c1-12-7-8-15(17)14(9-12)10-18-16-6-4-3-5-13(16)11-19-2/h3-9,18H,10-11H2,1-2H3. The molecule has 0 fully saturated rings. The van der Waals surface area contributed by atoms with Gasteiger partial charge in [0, 0.05) is 30.5 Å². The van der Waals surface area contributed by atoms with Crippen LogP contribution >= 0.6 is 0 Å². The zero-order valence-corrected chi connectivity index (χ0v) is 11.2. The summed E-state index contributed by atoms with van der Waals surface area (Å²) in [7, 11) is 1.66. The quantitative estimate of drug-likeness (QED) is 0.879. The molecule has 3 heteroatoms. The molecule has 0 aromatic heterocycles. The molecule has 0 atom stereocenters. The third-order valence-corrected chi connectivity index (χ3v) is 2.99. The van der Waals surface area contributed by atoms with Gasteiger partial charge in [0.25, 0.3) is 0 Å². The first kappa shape index (κ1) is 13.6. The van der Waals surface area contributed by atoms with Gasteiger partial charge in [0.1, 0.15) is 5.82 Å². The van der Waals surface area contributed by atoms with Gasteiger partial charge in [-0.2, -0.15) is 0 Å². The second-order valence-electron chi connectivity index (χ2n) is 4.54. The minimum absolute atomic E-state index is 0.178. The third kappa shape index (κ3) is 3.55. The van der Waals surface area contributed by atoms with Crippen LogP contribution in [0.4, 0.5) is 10.1 Å². The summed E-state index contributed by atoms with van der Waals surface area (Å²) >= 11 is 0. The molecular weight excluding hydrogens is 241 g/mol. The van der Waals surface area contributed by atoms with Gasteiger partial charge in [-0.1, -0.05) is 35.9 Å². The monoisotopic (exact) mass is 259 g/mol. The van der Waals surface area contributed by atoms with E-state index in [9.17, 15) is 4.39 Å². The molecule has 0 unspecified atom stereocenters. The van der Waals surface area contributed by atoms with Gasteiger partial charge in [-0.25, -0.2) is 4.39 Å². The van der Waals surface area contributed by atoms with Crippen LogP contribution in [-0.2, 0) is 17.9 Å². The van der Waals surface area contributed by atoms with Gasteiger partial charge in [-0.3, -0.25) is 0 Å². The van der Waals surface area contributed by atoms with Crippen molar-refractivity contribution in [3.05, 3.63) is 65.0 Å². The third-order valence-electron chi connectivity index (χ3n) is 2.99. The lowest BCUT2D eigenvalue weighted by Gasteiger charge is -2.12. The first-order chi connectivity index (χ1) is 9.20. The maximum atomic E-state index is 13.7. The van der Waals surface area contributed by atoms with Crippen molar-refractivity contribution in [3.8, 4) is 0 Å². The fourth-order valence-corrected chi connectivity index (χ4v) is 2.00. The van der Waals surface area contributed by atoms with E-state index in [1.807, 2.05) is 37.3 Å². The molecule has 0 saturated carbocycles. The summed E-state index contributed by atoms with van der Waals surface area (Å²) in [6.45, 7) is 2.97. The van der Waals surface area contributed by atoms with Gasteiger partial charge in [0.15, 0.2) is 0 Å². The van der Waals surface area contributed by atoms with Crippen LogP contribution in [0.2, 0.25) is 0 Å². The Morgan fingerprint density at radius 1 is 1.11 bits per heavy atom. The Hall–Kier alpha value is -1.87. The topological polar surface area (TPSA) is 21.3 Å². The number of hydrogen-bond donors (Lipinski definition) is 1. The number of para-hydroxylation sites is 1. The van der Waals surface area contributed by atoms with E-state index >= 15 is 0 Å². The lowest BCUT2D eigenvalue weighted by molar-refractivity contribution is 0.185. The highest BCUT2D eigenvalue weighted by molar-refractivity contribution is 5.51. The van der Waals surface area contributed by atoms with Crippen molar-refractivity contribution >= 4 is 5.69 Å². The van der Waals surface area contributed by atoms with Crippen LogP contribution in [0.3, 0.4) is 0 Å². The highest BCUT2D eigenvalue weighted by Crippen LogP contribution is 2.18. The average Bonchev–Trinajstić information content (AvgIpc) is 2.42.